The van der Waals surface area contributed by atoms with Gasteiger partial charge >= 0.3 is 11.8 Å². The highest BCUT2D eigenvalue weighted by molar-refractivity contribution is 6.35. The Morgan fingerprint density at radius 2 is 1.77 bits per heavy atom. The van der Waals surface area contributed by atoms with E-state index < -0.39 is 30.7 Å². The molecule has 0 aromatic carbocycles. The first kappa shape index (κ1) is 11.8. The summed E-state index contributed by atoms with van der Waals surface area (Å²) >= 11 is 0. The molecular weight excluding hydrogens is 184 g/mol. The molecule has 0 aliphatic rings. The molecule has 0 spiro atoms. The molecule has 0 saturated carbocycles. The van der Waals surface area contributed by atoms with Crippen molar-refractivity contribution in [1.29, 1.82) is 0 Å². The predicted octanol–water partition coefficient (Wildman–Crippen LogP) is -1.21. The maximum atomic E-state index is 12.2. The first-order valence-electron chi connectivity index (χ1n) is 3.44. The zero-order valence-corrected chi connectivity index (χ0v) is 7.06. The van der Waals surface area contributed by atoms with Crippen LogP contribution in [0.5, 0.6) is 0 Å². The third kappa shape index (κ3) is 3.32. The molecule has 0 aliphatic heterocycles. The molecular formula is C6H11F2N3O2. The molecule has 0 rings (SSSR count). The van der Waals surface area contributed by atoms with Crippen molar-refractivity contribution in [3.63, 3.8) is 0 Å². The molecule has 0 unspecified atom stereocenters. The Balaban J connectivity index is 4.25. The molecule has 4 N–H and O–H groups in total. The van der Waals surface area contributed by atoms with Gasteiger partial charge in [0.15, 0.2) is 0 Å². The fourth-order valence-corrected chi connectivity index (χ4v) is 0.499. The van der Waals surface area contributed by atoms with Crippen LogP contribution in [0.25, 0.3) is 0 Å². The number of halogens is 2. The minimum atomic E-state index is -1.66. The monoisotopic (exact) mass is 195 g/mol. The Labute approximate surface area is 73.6 Å². The molecule has 0 heterocycles. The van der Waals surface area contributed by atoms with Crippen LogP contribution in [0.4, 0.5) is 8.78 Å². The van der Waals surface area contributed by atoms with Crippen LogP contribution in [-0.2, 0) is 9.59 Å². The fourth-order valence-electron chi connectivity index (χ4n) is 0.499. The first-order valence-corrected chi connectivity index (χ1v) is 3.44. The second kappa shape index (κ2) is 4.70. The zero-order valence-electron chi connectivity index (χ0n) is 7.06. The lowest BCUT2D eigenvalue weighted by atomic mass is 10.1. The summed E-state index contributed by atoms with van der Waals surface area (Å²) in [5.74, 6) is 2.32. The van der Waals surface area contributed by atoms with E-state index in [1.807, 2.05) is 5.32 Å². The molecule has 0 aliphatic carbocycles. The van der Waals surface area contributed by atoms with Crippen molar-refractivity contribution in [2.45, 2.75) is 12.5 Å². The van der Waals surface area contributed by atoms with Crippen LogP contribution in [-0.4, -0.2) is 30.7 Å². The number of alkyl halides is 2. The van der Waals surface area contributed by atoms with Crippen LogP contribution in [0.3, 0.4) is 0 Å². The normalized spacial score (nSPS) is 10.8. The summed E-state index contributed by atoms with van der Waals surface area (Å²) in [5, 5.41) is 1.86. The number of carbonyl (C=O) groups is 2. The number of carbonyl (C=O) groups excluding carboxylic acids is 2. The number of rotatable bonds is 3. The largest absolute Gasteiger partial charge is 0.337 e. The zero-order chi connectivity index (χ0) is 10.5. The number of hydrazine groups is 1. The van der Waals surface area contributed by atoms with Crippen LogP contribution in [0.1, 0.15) is 6.92 Å². The molecule has 5 nitrogen and oxygen atoms in total. The Hall–Kier alpha value is -1.24. The van der Waals surface area contributed by atoms with Gasteiger partial charge in [0.2, 0.25) is 0 Å². The van der Waals surface area contributed by atoms with Crippen LogP contribution >= 0.6 is 0 Å². The molecule has 0 fully saturated rings. The summed E-state index contributed by atoms with van der Waals surface area (Å²) in [7, 11) is 0. The van der Waals surface area contributed by atoms with Crippen molar-refractivity contribution >= 4 is 11.8 Å². The summed E-state index contributed by atoms with van der Waals surface area (Å²) in [5.41, 5.74) is -0.123. The second-order valence-electron chi connectivity index (χ2n) is 2.76. The van der Waals surface area contributed by atoms with E-state index in [9.17, 15) is 18.4 Å². The highest BCUT2D eigenvalue weighted by Gasteiger charge is 2.28. The van der Waals surface area contributed by atoms with Gasteiger partial charge < -0.3 is 5.32 Å². The molecule has 7 heteroatoms. The van der Waals surface area contributed by atoms with Crippen molar-refractivity contribution < 1.29 is 18.4 Å². The van der Waals surface area contributed by atoms with Gasteiger partial charge in [-0.15, -0.1) is 0 Å². The topological polar surface area (TPSA) is 84.2 Å². The van der Waals surface area contributed by atoms with Crippen LogP contribution in [0, 0.1) is 0 Å². The average Bonchev–Trinajstić information content (AvgIpc) is 2.16. The molecule has 0 aromatic rings. The molecule has 76 valence electrons. The molecule has 0 radical (unpaired) electrons. The lowest BCUT2D eigenvalue weighted by Crippen LogP contribution is -2.55. The highest BCUT2D eigenvalue weighted by Crippen LogP contribution is 2.04. The van der Waals surface area contributed by atoms with Crippen LogP contribution in [0.2, 0.25) is 0 Å². The van der Waals surface area contributed by atoms with Crippen molar-refractivity contribution in [2.75, 3.05) is 13.3 Å². The number of hydrogen-bond donors (Lipinski definition) is 3. The summed E-state index contributed by atoms with van der Waals surface area (Å²) in [6, 6.07) is 0. The van der Waals surface area contributed by atoms with E-state index in [2.05, 4.69) is 5.84 Å². The van der Waals surface area contributed by atoms with E-state index in [0.717, 1.165) is 6.92 Å². The molecule has 0 bridgehead atoms. The smallest absolute Gasteiger partial charge is 0.323 e. The third-order valence-electron chi connectivity index (χ3n) is 1.34. The van der Waals surface area contributed by atoms with E-state index >= 15 is 0 Å². The van der Waals surface area contributed by atoms with Gasteiger partial charge in [0.05, 0.1) is 5.54 Å². The number of nitrogens with two attached hydrogens (primary N) is 1. The SMILES string of the molecule is CC(CF)(CF)NC(=O)C(=O)NN. The van der Waals surface area contributed by atoms with Crippen molar-refractivity contribution in [3.8, 4) is 0 Å². The van der Waals surface area contributed by atoms with E-state index in [0.29, 0.717) is 0 Å². The van der Waals surface area contributed by atoms with Crippen molar-refractivity contribution in [3.05, 3.63) is 0 Å². The standard InChI is InChI=1S/C6H11F2N3O2/c1-6(2-7,3-8)10-4(12)5(13)11-9/h2-3,9H2,1H3,(H,10,12)(H,11,13). The van der Waals surface area contributed by atoms with Gasteiger partial charge in [-0.05, 0) is 6.92 Å². The number of nitrogens with one attached hydrogen (secondary N) is 2. The van der Waals surface area contributed by atoms with Crippen molar-refractivity contribution in [2.24, 2.45) is 5.84 Å². The van der Waals surface area contributed by atoms with Gasteiger partial charge in [0, 0.05) is 0 Å². The molecule has 13 heavy (non-hydrogen) atoms. The Morgan fingerprint density at radius 3 is 2.08 bits per heavy atom. The molecule has 0 atom stereocenters. The minimum absolute atomic E-state index is 1.10. The van der Waals surface area contributed by atoms with E-state index in [1.165, 1.54) is 5.43 Å². The lowest BCUT2D eigenvalue weighted by molar-refractivity contribution is -0.140. The lowest BCUT2D eigenvalue weighted by Gasteiger charge is -2.23. The molecule has 0 aromatic heterocycles. The quantitative estimate of drug-likeness (QED) is 0.229. The minimum Gasteiger partial charge on any atom is -0.337 e. The summed E-state index contributed by atoms with van der Waals surface area (Å²) < 4.78 is 24.3. The van der Waals surface area contributed by atoms with E-state index in [-0.39, 0.29) is 0 Å². The van der Waals surface area contributed by atoms with Gasteiger partial charge in [0.25, 0.3) is 0 Å². The summed E-state index contributed by atoms with van der Waals surface area (Å²) in [6.07, 6.45) is 0. The maximum Gasteiger partial charge on any atom is 0.323 e. The van der Waals surface area contributed by atoms with Gasteiger partial charge in [-0.1, -0.05) is 0 Å². The third-order valence-corrected chi connectivity index (χ3v) is 1.34. The second-order valence-corrected chi connectivity index (χ2v) is 2.76. The van der Waals surface area contributed by atoms with Crippen molar-refractivity contribution in [1.82, 2.24) is 10.7 Å². The maximum absolute atomic E-state index is 12.2. The van der Waals surface area contributed by atoms with Gasteiger partial charge in [-0.3, -0.25) is 15.0 Å². The van der Waals surface area contributed by atoms with Crippen LogP contribution < -0.4 is 16.6 Å². The van der Waals surface area contributed by atoms with Gasteiger partial charge in [-0.2, -0.15) is 0 Å². The van der Waals surface area contributed by atoms with E-state index in [4.69, 9.17) is 0 Å². The Morgan fingerprint density at radius 1 is 1.31 bits per heavy atom. The van der Waals surface area contributed by atoms with E-state index in [1.54, 1.807) is 0 Å². The van der Waals surface area contributed by atoms with Gasteiger partial charge in [0.1, 0.15) is 13.3 Å². The predicted molar refractivity (Wildman–Crippen MR) is 40.8 cm³/mol. The fraction of sp³-hybridized carbons (Fsp3) is 0.667. The summed E-state index contributed by atoms with van der Waals surface area (Å²) in [6.45, 7) is -1.07. The Kier molecular flexibility index (Phi) is 4.26. The molecule has 0 saturated heterocycles. The highest BCUT2D eigenvalue weighted by atomic mass is 19.1. The first-order chi connectivity index (χ1) is 5.99. The molecule has 2 amide bonds. The number of amides is 2. The van der Waals surface area contributed by atoms with Crippen LogP contribution in [0.15, 0.2) is 0 Å². The average molecular weight is 195 g/mol. The Bertz CT molecular complexity index is 206. The summed E-state index contributed by atoms with van der Waals surface area (Å²) in [4.78, 5) is 21.3. The number of hydrogen-bond acceptors (Lipinski definition) is 3. The van der Waals surface area contributed by atoms with Gasteiger partial charge in [-0.25, -0.2) is 14.6 Å².